The zero-order valence-corrected chi connectivity index (χ0v) is 16.7. The zero-order valence-electron chi connectivity index (χ0n) is 15.9. The Kier molecular flexibility index (Phi) is 6.59. The molecule has 1 saturated carbocycles. The normalized spacial score (nSPS) is 23.4. The van der Waals surface area contributed by atoms with Gasteiger partial charge in [-0.15, -0.1) is 0 Å². The van der Waals surface area contributed by atoms with Crippen molar-refractivity contribution in [3.05, 3.63) is 29.8 Å². The molecule has 26 heavy (non-hydrogen) atoms. The number of rotatable bonds is 8. The fourth-order valence-corrected chi connectivity index (χ4v) is 5.81. The summed E-state index contributed by atoms with van der Waals surface area (Å²) in [5.41, 5.74) is 1.18. The average Bonchev–Trinajstić information content (AvgIpc) is 3.32. The predicted molar refractivity (Wildman–Crippen MR) is 103 cm³/mol. The Morgan fingerprint density at radius 1 is 1.15 bits per heavy atom. The second kappa shape index (κ2) is 8.72. The van der Waals surface area contributed by atoms with E-state index in [1.165, 1.54) is 18.4 Å². The lowest BCUT2D eigenvalue weighted by Gasteiger charge is -2.21. The lowest BCUT2D eigenvalue weighted by atomic mass is 9.99. The maximum Gasteiger partial charge on any atom is 0.214 e. The van der Waals surface area contributed by atoms with Crippen molar-refractivity contribution < 1.29 is 17.9 Å². The number of hydrogen-bond donors (Lipinski definition) is 0. The van der Waals surface area contributed by atoms with Gasteiger partial charge in [0.1, 0.15) is 5.75 Å². The van der Waals surface area contributed by atoms with Crippen molar-refractivity contribution in [1.82, 2.24) is 4.31 Å². The number of nitrogens with zero attached hydrogens (tertiary/aromatic N) is 1. The molecule has 2 aliphatic rings. The molecule has 3 rings (SSSR count). The van der Waals surface area contributed by atoms with Gasteiger partial charge in [-0.3, -0.25) is 0 Å². The van der Waals surface area contributed by atoms with Crippen molar-refractivity contribution in [2.45, 2.75) is 51.0 Å². The molecule has 0 aromatic heterocycles. The lowest BCUT2D eigenvalue weighted by molar-refractivity contribution is 0.0411. The summed E-state index contributed by atoms with van der Waals surface area (Å²) < 4.78 is 38.3. The summed E-state index contributed by atoms with van der Waals surface area (Å²) in [6.07, 6.45) is 5.92. The van der Waals surface area contributed by atoms with Gasteiger partial charge >= 0.3 is 0 Å². The molecule has 146 valence electrons. The van der Waals surface area contributed by atoms with Crippen LogP contribution in [-0.4, -0.2) is 51.4 Å². The molecular formula is C20H31NO4S. The summed E-state index contributed by atoms with van der Waals surface area (Å²) in [5, 5.41) is 0. The van der Waals surface area contributed by atoms with Gasteiger partial charge in [-0.05, 0) is 48.8 Å². The summed E-state index contributed by atoms with van der Waals surface area (Å²) in [4.78, 5) is 0. The van der Waals surface area contributed by atoms with Gasteiger partial charge in [-0.2, -0.15) is 0 Å². The van der Waals surface area contributed by atoms with E-state index in [-0.39, 0.29) is 17.6 Å². The van der Waals surface area contributed by atoms with Crippen LogP contribution in [0.5, 0.6) is 5.75 Å². The SMILES string of the molecule is COc1ccc([C@@H]2CCN(S(=O)(=O)C[C@H](C)COC3CCCC3)C2)cc1. The number of methoxy groups -OCH3 is 1. The summed E-state index contributed by atoms with van der Waals surface area (Å²) in [5.74, 6) is 1.29. The van der Waals surface area contributed by atoms with Crippen LogP contribution in [0.4, 0.5) is 0 Å². The van der Waals surface area contributed by atoms with Gasteiger partial charge in [0.2, 0.25) is 10.0 Å². The average molecular weight is 382 g/mol. The van der Waals surface area contributed by atoms with Crippen LogP contribution in [-0.2, 0) is 14.8 Å². The van der Waals surface area contributed by atoms with Crippen LogP contribution in [0.1, 0.15) is 50.5 Å². The summed E-state index contributed by atoms with van der Waals surface area (Å²) in [7, 11) is -1.58. The van der Waals surface area contributed by atoms with E-state index in [0.29, 0.717) is 25.8 Å². The van der Waals surface area contributed by atoms with Crippen molar-refractivity contribution in [3.8, 4) is 5.75 Å². The van der Waals surface area contributed by atoms with E-state index in [9.17, 15) is 8.42 Å². The molecule has 1 aromatic carbocycles. The first-order chi connectivity index (χ1) is 12.5. The third-order valence-electron chi connectivity index (χ3n) is 5.55. The summed E-state index contributed by atoms with van der Waals surface area (Å²) >= 11 is 0. The largest absolute Gasteiger partial charge is 0.497 e. The predicted octanol–water partition coefficient (Wildman–Crippen LogP) is 3.41. The van der Waals surface area contributed by atoms with Gasteiger partial charge in [-0.1, -0.05) is 31.9 Å². The Labute approximate surface area is 157 Å². The molecule has 1 aliphatic heterocycles. The molecule has 1 heterocycles. The monoisotopic (exact) mass is 381 g/mol. The Morgan fingerprint density at radius 3 is 2.50 bits per heavy atom. The fourth-order valence-electron chi connectivity index (χ4n) is 4.00. The minimum atomic E-state index is -3.23. The van der Waals surface area contributed by atoms with Crippen molar-refractivity contribution in [2.24, 2.45) is 5.92 Å². The second-order valence-electron chi connectivity index (χ2n) is 7.74. The van der Waals surface area contributed by atoms with Gasteiger partial charge in [0, 0.05) is 13.1 Å². The van der Waals surface area contributed by atoms with E-state index in [4.69, 9.17) is 9.47 Å². The van der Waals surface area contributed by atoms with Gasteiger partial charge in [0.25, 0.3) is 0 Å². The van der Waals surface area contributed by atoms with E-state index in [1.54, 1.807) is 11.4 Å². The first-order valence-corrected chi connectivity index (χ1v) is 11.3. The third-order valence-corrected chi connectivity index (χ3v) is 7.65. The molecule has 6 heteroatoms. The van der Waals surface area contributed by atoms with Crippen LogP contribution < -0.4 is 4.74 Å². The quantitative estimate of drug-likeness (QED) is 0.692. The Balaban J connectivity index is 1.50. The van der Waals surface area contributed by atoms with E-state index in [0.717, 1.165) is 25.0 Å². The highest BCUT2D eigenvalue weighted by Gasteiger charge is 2.33. The molecule has 0 N–H and O–H groups in total. The van der Waals surface area contributed by atoms with Gasteiger partial charge in [0.15, 0.2) is 0 Å². The van der Waals surface area contributed by atoms with Gasteiger partial charge in [0.05, 0.1) is 25.6 Å². The second-order valence-corrected chi connectivity index (χ2v) is 9.75. The lowest BCUT2D eigenvalue weighted by Crippen LogP contribution is -2.34. The topological polar surface area (TPSA) is 55.8 Å². The standard InChI is InChI=1S/C20H31NO4S/c1-16(14-25-20-5-3-4-6-20)15-26(22,23)21-12-11-18(13-21)17-7-9-19(24-2)10-8-17/h7-10,16,18,20H,3-6,11-15H2,1-2H3/t16-,18-/m1/s1. The minimum Gasteiger partial charge on any atom is -0.497 e. The third kappa shape index (κ3) is 4.99. The van der Waals surface area contributed by atoms with Crippen LogP contribution in [0.3, 0.4) is 0 Å². The van der Waals surface area contributed by atoms with E-state index < -0.39 is 10.0 Å². The Morgan fingerprint density at radius 2 is 1.85 bits per heavy atom. The van der Waals surface area contributed by atoms with Gasteiger partial charge < -0.3 is 9.47 Å². The molecule has 1 aliphatic carbocycles. The molecule has 0 bridgehead atoms. The summed E-state index contributed by atoms with van der Waals surface area (Å²) in [6, 6.07) is 7.96. The molecule has 0 radical (unpaired) electrons. The van der Waals surface area contributed by atoms with E-state index >= 15 is 0 Å². The molecule has 1 aromatic rings. The molecule has 0 spiro atoms. The van der Waals surface area contributed by atoms with Crippen molar-refractivity contribution in [1.29, 1.82) is 0 Å². The van der Waals surface area contributed by atoms with Gasteiger partial charge in [-0.25, -0.2) is 12.7 Å². The van der Waals surface area contributed by atoms with Crippen LogP contribution in [0, 0.1) is 5.92 Å². The smallest absolute Gasteiger partial charge is 0.214 e. The number of hydrogen-bond acceptors (Lipinski definition) is 4. The molecule has 0 amide bonds. The molecule has 5 nitrogen and oxygen atoms in total. The van der Waals surface area contributed by atoms with E-state index in [2.05, 4.69) is 0 Å². The number of benzene rings is 1. The molecule has 2 atom stereocenters. The fraction of sp³-hybridized carbons (Fsp3) is 0.700. The van der Waals surface area contributed by atoms with Crippen LogP contribution >= 0.6 is 0 Å². The first-order valence-electron chi connectivity index (χ1n) is 9.71. The Bertz CT molecular complexity index is 668. The maximum absolute atomic E-state index is 12.8. The van der Waals surface area contributed by atoms with Crippen LogP contribution in [0.15, 0.2) is 24.3 Å². The van der Waals surface area contributed by atoms with Crippen molar-refractivity contribution in [3.63, 3.8) is 0 Å². The molecule has 0 unspecified atom stereocenters. The molecule has 1 saturated heterocycles. The minimum absolute atomic E-state index is 0.0284. The highest BCUT2D eigenvalue weighted by molar-refractivity contribution is 7.89. The zero-order chi connectivity index (χ0) is 18.6. The molecule has 2 fully saturated rings. The summed E-state index contributed by atoms with van der Waals surface area (Å²) in [6.45, 7) is 3.70. The Hall–Kier alpha value is -1.11. The number of sulfonamides is 1. The van der Waals surface area contributed by atoms with E-state index in [1.807, 2.05) is 31.2 Å². The van der Waals surface area contributed by atoms with Crippen molar-refractivity contribution >= 4 is 10.0 Å². The maximum atomic E-state index is 12.8. The highest BCUT2D eigenvalue weighted by Crippen LogP contribution is 2.30. The first kappa shape index (κ1) is 19.6. The highest BCUT2D eigenvalue weighted by atomic mass is 32.2. The number of ether oxygens (including phenoxy) is 2. The van der Waals surface area contributed by atoms with Crippen LogP contribution in [0.2, 0.25) is 0 Å². The van der Waals surface area contributed by atoms with Crippen molar-refractivity contribution in [2.75, 3.05) is 32.6 Å². The molecular weight excluding hydrogens is 350 g/mol. The van der Waals surface area contributed by atoms with Crippen LogP contribution in [0.25, 0.3) is 0 Å².